The molecule has 0 fully saturated rings. The maximum Gasteiger partial charge on any atom is 0.119 e. The van der Waals surface area contributed by atoms with E-state index in [0.717, 1.165) is 5.75 Å². The molecule has 0 aromatic heterocycles. The highest BCUT2D eigenvalue weighted by Crippen LogP contribution is 2.08. The lowest BCUT2D eigenvalue weighted by Gasteiger charge is -2.01. The normalized spacial score (nSPS) is 10.5. The minimum absolute atomic E-state index is 0.582. The fourth-order valence-electron chi connectivity index (χ4n) is 1.36. The van der Waals surface area contributed by atoms with Gasteiger partial charge in [-0.25, -0.2) is 0 Å². The van der Waals surface area contributed by atoms with Crippen molar-refractivity contribution in [2.45, 2.75) is 0 Å². The third-order valence-corrected chi connectivity index (χ3v) is 2.14. The summed E-state index contributed by atoms with van der Waals surface area (Å²) in [5.74, 6) is 0.872. The van der Waals surface area contributed by atoms with Crippen LogP contribution in [0.2, 0.25) is 0 Å². The Bertz CT molecular complexity index is 432. The highest BCUT2D eigenvalue weighted by molar-refractivity contribution is 5.48. The van der Waals surface area contributed by atoms with E-state index >= 15 is 0 Å². The number of ether oxygens (including phenoxy) is 1. The molecule has 0 spiro atoms. The van der Waals surface area contributed by atoms with Crippen molar-refractivity contribution in [2.75, 3.05) is 6.61 Å². The second-order valence-electron chi connectivity index (χ2n) is 3.36. The third-order valence-electron chi connectivity index (χ3n) is 2.14. The first-order chi connectivity index (χ1) is 7.95. The van der Waals surface area contributed by atoms with Crippen molar-refractivity contribution < 1.29 is 4.74 Å². The maximum absolute atomic E-state index is 5.52. The summed E-state index contributed by atoms with van der Waals surface area (Å²) in [7, 11) is 0. The van der Waals surface area contributed by atoms with Crippen molar-refractivity contribution in [3.63, 3.8) is 0 Å². The van der Waals surface area contributed by atoms with Gasteiger partial charge in [-0.15, -0.1) is 0 Å². The van der Waals surface area contributed by atoms with E-state index in [1.54, 1.807) is 0 Å². The summed E-state index contributed by atoms with van der Waals surface area (Å²) >= 11 is 0. The summed E-state index contributed by atoms with van der Waals surface area (Å²) in [5.41, 5.74) is 1.19. The fourth-order valence-corrected chi connectivity index (χ4v) is 1.36. The lowest BCUT2D eigenvalue weighted by molar-refractivity contribution is 0.363. The van der Waals surface area contributed by atoms with E-state index in [1.165, 1.54) is 5.56 Å². The molecule has 1 heteroatoms. The van der Waals surface area contributed by atoms with E-state index in [1.807, 2.05) is 48.5 Å². The van der Waals surface area contributed by atoms with Crippen LogP contribution in [0.1, 0.15) is 5.56 Å². The van der Waals surface area contributed by atoms with Gasteiger partial charge in [-0.3, -0.25) is 0 Å². The van der Waals surface area contributed by atoms with Crippen molar-refractivity contribution in [1.82, 2.24) is 0 Å². The summed E-state index contributed by atoms with van der Waals surface area (Å²) in [6.07, 6.45) is 4.06. The number of hydrogen-bond donors (Lipinski definition) is 0. The maximum atomic E-state index is 5.52. The van der Waals surface area contributed by atoms with Gasteiger partial charge in [-0.1, -0.05) is 48.5 Å². The van der Waals surface area contributed by atoms with Crippen LogP contribution in [0.15, 0.2) is 60.7 Å². The third kappa shape index (κ3) is 3.28. The first-order valence-corrected chi connectivity index (χ1v) is 5.26. The minimum Gasteiger partial charge on any atom is -0.490 e. The zero-order valence-corrected chi connectivity index (χ0v) is 8.97. The fraction of sp³-hybridized carbons (Fsp3) is 0.0667. The molecule has 0 aliphatic rings. The predicted octanol–water partition coefficient (Wildman–Crippen LogP) is 3.58. The molecule has 0 saturated heterocycles. The molecule has 2 rings (SSSR count). The summed E-state index contributed by atoms with van der Waals surface area (Å²) in [6, 6.07) is 20.6. The molecular formula is C15H13O. The monoisotopic (exact) mass is 209 g/mol. The van der Waals surface area contributed by atoms with E-state index < -0.39 is 0 Å². The van der Waals surface area contributed by atoms with Crippen molar-refractivity contribution >= 4 is 6.08 Å². The van der Waals surface area contributed by atoms with Gasteiger partial charge in [0.25, 0.3) is 0 Å². The molecule has 0 atom stereocenters. The Labute approximate surface area is 96.0 Å². The lowest BCUT2D eigenvalue weighted by Crippen LogP contribution is -1.92. The van der Waals surface area contributed by atoms with Gasteiger partial charge in [0, 0.05) is 0 Å². The number of hydrogen-bond acceptors (Lipinski definition) is 1. The van der Waals surface area contributed by atoms with Gasteiger partial charge in [0.1, 0.15) is 12.4 Å². The highest BCUT2D eigenvalue weighted by atomic mass is 16.5. The quantitative estimate of drug-likeness (QED) is 0.747. The SMILES string of the molecule is [c]1ccc(OCC=Cc2ccccc2)cc1. The molecule has 16 heavy (non-hydrogen) atoms. The van der Waals surface area contributed by atoms with Crippen molar-refractivity contribution in [2.24, 2.45) is 0 Å². The van der Waals surface area contributed by atoms with Crippen LogP contribution in [-0.4, -0.2) is 6.61 Å². The Morgan fingerprint density at radius 1 is 1.00 bits per heavy atom. The molecule has 0 bridgehead atoms. The minimum atomic E-state index is 0.582. The standard InChI is InChI=1S/C15H13O/c1-3-8-14(9-4-1)10-7-13-16-15-11-5-2-6-12-15/h1,3-12H,13H2. The van der Waals surface area contributed by atoms with E-state index in [9.17, 15) is 0 Å². The Kier molecular flexibility index (Phi) is 3.78. The summed E-state index contributed by atoms with van der Waals surface area (Å²) in [5, 5.41) is 0. The van der Waals surface area contributed by atoms with Gasteiger partial charge in [0.15, 0.2) is 0 Å². The van der Waals surface area contributed by atoms with Crippen LogP contribution in [0.3, 0.4) is 0 Å². The van der Waals surface area contributed by atoms with Crippen LogP contribution >= 0.6 is 0 Å². The van der Waals surface area contributed by atoms with Gasteiger partial charge in [0.05, 0.1) is 0 Å². The smallest absolute Gasteiger partial charge is 0.119 e. The van der Waals surface area contributed by atoms with Crippen molar-refractivity contribution in [3.05, 3.63) is 72.3 Å². The van der Waals surface area contributed by atoms with Gasteiger partial charge < -0.3 is 4.74 Å². The van der Waals surface area contributed by atoms with E-state index in [0.29, 0.717) is 6.61 Å². The first-order valence-electron chi connectivity index (χ1n) is 5.26. The van der Waals surface area contributed by atoms with Gasteiger partial charge in [-0.05, 0) is 29.8 Å². The predicted molar refractivity (Wildman–Crippen MR) is 66.2 cm³/mol. The van der Waals surface area contributed by atoms with E-state index in [2.05, 4.69) is 24.3 Å². The lowest BCUT2D eigenvalue weighted by atomic mass is 10.2. The number of rotatable bonds is 4. The Morgan fingerprint density at radius 2 is 1.75 bits per heavy atom. The van der Waals surface area contributed by atoms with E-state index in [4.69, 9.17) is 4.74 Å². The molecule has 0 heterocycles. The van der Waals surface area contributed by atoms with Crippen molar-refractivity contribution in [3.8, 4) is 5.75 Å². The van der Waals surface area contributed by atoms with Gasteiger partial charge >= 0.3 is 0 Å². The molecule has 2 aromatic carbocycles. The molecule has 0 saturated carbocycles. The van der Waals surface area contributed by atoms with Crippen LogP contribution < -0.4 is 4.74 Å². The topological polar surface area (TPSA) is 9.23 Å². The molecular weight excluding hydrogens is 196 g/mol. The summed E-state index contributed by atoms with van der Waals surface area (Å²) in [6.45, 7) is 0.582. The average molecular weight is 209 g/mol. The summed E-state index contributed by atoms with van der Waals surface area (Å²) in [4.78, 5) is 0. The second kappa shape index (κ2) is 5.76. The van der Waals surface area contributed by atoms with Crippen LogP contribution in [0, 0.1) is 6.07 Å². The van der Waals surface area contributed by atoms with Crippen molar-refractivity contribution in [1.29, 1.82) is 0 Å². The van der Waals surface area contributed by atoms with Crippen LogP contribution in [0.4, 0.5) is 0 Å². The highest BCUT2D eigenvalue weighted by Gasteiger charge is 1.87. The first kappa shape index (κ1) is 10.5. The molecule has 0 unspecified atom stereocenters. The molecule has 2 aromatic rings. The Hall–Kier alpha value is -2.02. The van der Waals surface area contributed by atoms with Crippen LogP contribution in [0.25, 0.3) is 6.08 Å². The van der Waals surface area contributed by atoms with Crippen LogP contribution in [0.5, 0.6) is 5.75 Å². The average Bonchev–Trinajstić information content (AvgIpc) is 2.37. The molecule has 0 aliphatic heterocycles. The molecule has 79 valence electrons. The molecule has 0 aliphatic carbocycles. The summed E-state index contributed by atoms with van der Waals surface area (Å²) < 4.78 is 5.52. The Balaban J connectivity index is 1.83. The van der Waals surface area contributed by atoms with Crippen LogP contribution in [-0.2, 0) is 0 Å². The van der Waals surface area contributed by atoms with Gasteiger partial charge in [0.2, 0.25) is 0 Å². The zero-order valence-electron chi connectivity index (χ0n) is 8.97. The molecule has 0 amide bonds. The van der Waals surface area contributed by atoms with Gasteiger partial charge in [-0.2, -0.15) is 0 Å². The van der Waals surface area contributed by atoms with E-state index in [-0.39, 0.29) is 0 Å². The second-order valence-corrected chi connectivity index (χ2v) is 3.36. The molecule has 1 radical (unpaired) electrons. The molecule has 1 nitrogen and oxygen atoms in total. The molecule has 0 N–H and O–H groups in total. The zero-order chi connectivity index (χ0) is 11.1. The largest absolute Gasteiger partial charge is 0.490 e. The number of benzene rings is 2. The Morgan fingerprint density at radius 3 is 2.50 bits per heavy atom.